The van der Waals surface area contributed by atoms with Crippen LogP contribution in [0, 0.1) is 5.41 Å². The van der Waals surface area contributed by atoms with Gasteiger partial charge in [0, 0.05) is 0 Å². The Morgan fingerprint density at radius 1 is 1.36 bits per heavy atom. The summed E-state index contributed by atoms with van der Waals surface area (Å²) in [6.07, 6.45) is 2.06. The Morgan fingerprint density at radius 3 is 2.36 bits per heavy atom. The molecular weight excluding hydrogens is 138 g/mol. The van der Waals surface area contributed by atoms with Gasteiger partial charge in [-0.3, -0.25) is 5.41 Å². The number of hydrogen-bond acceptors (Lipinski definition) is 2. The van der Waals surface area contributed by atoms with E-state index in [0.717, 1.165) is 0 Å². The van der Waals surface area contributed by atoms with Crippen molar-refractivity contribution in [3.8, 4) is 0 Å². The Balaban J connectivity index is 3.02. The maximum atomic E-state index is 9.50. The summed E-state index contributed by atoms with van der Waals surface area (Å²) in [5.74, 6) is 0. The van der Waals surface area contributed by atoms with Gasteiger partial charge in [0.2, 0.25) is 0 Å². The average molecular weight is 148 g/mol. The summed E-state index contributed by atoms with van der Waals surface area (Å²) in [6.45, 7) is 1.54. The monoisotopic (exact) mass is 148 g/mol. The third kappa shape index (κ3) is 1.65. The van der Waals surface area contributed by atoms with Gasteiger partial charge in [-0.1, -0.05) is 30.3 Å². The molecular formula is C9H10NO. The van der Waals surface area contributed by atoms with E-state index in [4.69, 9.17) is 5.41 Å². The van der Waals surface area contributed by atoms with Crippen LogP contribution in [0.2, 0.25) is 0 Å². The lowest BCUT2D eigenvalue weighted by molar-refractivity contribution is 0.138. The zero-order chi connectivity index (χ0) is 8.32. The topological polar surface area (TPSA) is 44.1 Å². The SMILES string of the molecule is CC(O)([C]=N)c1ccccc1. The first-order valence-corrected chi connectivity index (χ1v) is 3.38. The van der Waals surface area contributed by atoms with Gasteiger partial charge in [-0.2, -0.15) is 0 Å². The normalized spacial score (nSPS) is 15.5. The summed E-state index contributed by atoms with van der Waals surface area (Å²) in [5, 5.41) is 16.3. The minimum Gasteiger partial charge on any atom is -0.379 e. The molecule has 2 heteroatoms. The van der Waals surface area contributed by atoms with Crippen LogP contribution in [0.3, 0.4) is 0 Å². The molecule has 0 spiro atoms. The van der Waals surface area contributed by atoms with Crippen LogP contribution < -0.4 is 0 Å². The van der Waals surface area contributed by atoms with Crippen molar-refractivity contribution in [3.05, 3.63) is 35.9 Å². The van der Waals surface area contributed by atoms with Crippen LogP contribution in [0.15, 0.2) is 30.3 Å². The second kappa shape index (κ2) is 2.84. The summed E-state index contributed by atoms with van der Waals surface area (Å²) in [7, 11) is 0. The van der Waals surface area contributed by atoms with Gasteiger partial charge in [-0.15, -0.1) is 0 Å². The van der Waals surface area contributed by atoms with Gasteiger partial charge < -0.3 is 5.11 Å². The first-order valence-electron chi connectivity index (χ1n) is 3.38. The van der Waals surface area contributed by atoms with Crippen LogP contribution in [0.4, 0.5) is 0 Å². The van der Waals surface area contributed by atoms with E-state index in [0.29, 0.717) is 5.56 Å². The quantitative estimate of drug-likeness (QED) is 0.612. The van der Waals surface area contributed by atoms with Crippen molar-refractivity contribution in [1.82, 2.24) is 0 Å². The molecule has 1 unspecified atom stereocenters. The number of nitrogens with one attached hydrogen (secondary N) is 1. The van der Waals surface area contributed by atoms with E-state index in [1.54, 1.807) is 12.1 Å². The molecule has 0 aliphatic rings. The molecule has 1 rings (SSSR count). The van der Waals surface area contributed by atoms with Crippen LogP contribution in [-0.2, 0) is 5.60 Å². The van der Waals surface area contributed by atoms with Crippen molar-refractivity contribution in [3.63, 3.8) is 0 Å². The van der Waals surface area contributed by atoms with Crippen LogP contribution >= 0.6 is 0 Å². The van der Waals surface area contributed by atoms with E-state index in [9.17, 15) is 5.11 Å². The lowest BCUT2D eigenvalue weighted by Crippen LogP contribution is -2.21. The molecule has 0 heterocycles. The van der Waals surface area contributed by atoms with Crippen molar-refractivity contribution >= 4 is 6.21 Å². The number of aliphatic hydroxyl groups is 1. The minimum absolute atomic E-state index is 0.690. The molecule has 0 fully saturated rings. The van der Waals surface area contributed by atoms with Gasteiger partial charge in [-0.25, -0.2) is 0 Å². The molecule has 0 saturated carbocycles. The van der Waals surface area contributed by atoms with Gasteiger partial charge in [0.05, 0.1) is 6.21 Å². The van der Waals surface area contributed by atoms with E-state index in [-0.39, 0.29) is 0 Å². The molecule has 0 saturated heterocycles. The third-order valence-corrected chi connectivity index (χ3v) is 1.58. The molecule has 1 atom stereocenters. The largest absolute Gasteiger partial charge is 0.379 e. The fourth-order valence-electron chi connectivity index (χ4n) is 0.835. The molecule has 1 aromatic carbocycles. The Morgan fingerprint density at radius 2 is 1.91 bits per heavy atom. The highest BCUT2D eigenvalue weighted by Crippen LogP contribution is 2.16. The van der Waals surface area contributed by atoms with E-state index >= 15 is 0 Å². The number of benzene rings is 1. The minimum atomic E-state index is -1.25. The molecule has 0 bridgehead atoms. The van der Waals surface area contributed by atoms with E-state index in [1.165, 1.54) is 6.92 Å². The van der Waals surface area contributed by atoms with Crippen LogP contribution in [0.1, 0.15) is 12.5 Å². The highest BCUT2D eigenvalue weighted by molar-refractivity contribution is 5.67. The molecule has 0 aromatic heterocycles. The fourth-order valence-corrected chi connectivity index (χ4v) is 0.835. The highest BCUT2D eigenvalue weighted by Gasteiger charge is 2.19. The van der Waals surface area contributed by atoms with Crippen molar-refractivity contribution in [2.45, 2.75) is 12.5 Å². The van der Waals surface area contributed by atoms with Gasteiger partial charge >= 0.3 is 0 Å². The molecule has 2 N–H and O–H groups in total. The predicted octanol–water partition coefficient (Wildman–Crippen LogP) is 1.42. The molecule has 57 valence electrons. The lowest BCUT2D eigenvalue weighted by atomic mass is 9.98. The molecule has 0 aliphatic heterocycles. The summed E-state index contributed by atoms with van der Waals surface area (Å²) in [4.78, 5) is 0. The zero-order valence-corrected chi connectivity index (χ0v) is 6.33. The standard InChI is InChI=1S/C9H10NO/c1-9(11,7-10)8-5-3-2-4-6-8/h2-6,10-11H,1H3. The molecule has 11 heavy (non-hydrogen) atoms. The first kappa shape index (κ1) is 7.95. The second-order valence-corrected chi connectivity index (χ2v) is 2.56. The van der Waals surface area contributed by atoms with Crippen molar-refractivity contribution in [1.29, 1.82) is 5.41 Å². The van der Waals surface area contributed by atoms with Crippen molar-refractivity contribution in [2.24, 2.45) is 0 Å². The molecule has 0 amide bonds. The Hall–Kier alpha value is -1.15. The summed E-state index contributed by atoms with van der Waals surface area (Å²) >= 11 is 0. The van der Waals surface area contributed by atoms with Gasteiger partial charge in [0.1, 0.15) is 5.60 Å². The van der Waals surface area contributed by atoms with E-state index in [1.807, 2.05) is 18.2 Å². The lowest BCUT2D eigenvalue weighted by Gasteiger charge is -2.16. The maximum absolute atomic E-state index is 9.50. The predicted molar refractivity (Wildman–Crippen MR) is 43.7 cm³/mol. The fraction of sp³-hybridized carbons (Fsp3) is 0.222. The molecule has 2 nitrogen and oxygen atoms in total. The Labute approximate surface area is 66.0 Å². The maximum Gasteiger partial charge on any atom is 0.130 e. The zero-order valence-electron chi connectivity index (χ0n) is 6.33. The summed E-state index contributed by atoms with van der Waals surface area (Å²) < 4.78 is 0. The van der Waals surface area contributed by atoms with Crippen molar-refractivity contribution < 1.29 is 5.11 Å². The molecule has 1 radical (unpaired) electrons. The van der Waals surface area contributed by atoms with Gasteiger partial charge in [0.15, 0.2) is 0 Å². The van der Waals surface area contributed by atoms with Crippen LogP contribution in [-0.4, -0.2) is 11.3 Å². The average Bonchev–Trinajstić information content (AvgIpc) is 2.06. The number of rotatable bonds is 2. The highest BCUT2D eigenvalue weighted by atomic mass is 16.3. The van der Waals surface area contributed by atoms with E-state index < -0.39 is 5.60 Å². The smallest absolute Gasteiger partial charge is 0.130 e. The Bertz CT molecular complexity index is 241. The summed E-state index contributed by atoms with van der Waals surface area (Å²) in [5.41, 5.74) is -0.559. The van der Waals surface area contributed by atoms with Gasteiger partial charge in [-0.05, 0) is 12.5 Å². The first-order chi connectivity index (χ1) is 5.17. The van der Waals surface area contributed by atoms with Crippen LogP contribution in [0.5, 0.6) is 0 Å². The molecule has 0 aliphatic carbocycles. The Kier molecular flexibility index (Phi) is 2.06. The second-order valence-electron chi connectivity index (χ2n) is 2.56. The summed E-state index contributed by atoms with van der Waals surface area (Å²) in [6, 6.07) is 9.04. The number of hydrogen-bond donors (Lipinski definition) is 2. The van der Waals surface area contributed by atoms with Gasteiger partial charge in [0.25, 0.3) is 0 Å². The van der Waals surface area contributed by atoms with Crippen LogP contribution in [0.25, 0.3) is 0 Å². The van der Waals surface area contributed by atoms with E-state index in [2.05, 4.69) is 6.21 Å². The third-order valence-electron chi connectivity index (χ3n) is 1.58. The molecule has 1 aromatic rings. The van der Waals surface area contributed by atoms with Crippen molar-refractivity contribution in [2.75, 3.05) is 0 Å².